The van der Waals surface area contributed by atoms with Gasteiger partial charge in [0.1, 0.15) is 0 Å². The van der Waals surface area contributed by atoms with E-state index in [1.165, 1.54) is 0 Å². The highest BCUT2D eigenvalue weighted by atomic mass is 16.5. The number of carbonyl (C=O) groups is 2. The van der Waals surface area contributed by atoms with E-state index in [0.717, 1.165) is 12.0 Å². The van der Waals surface area contributed by atoms with Gasteiger partial charge in [-0.1, -0.05) is 13.8 Å². The third kappa shape index (κ3) is 6.20. The van der Waals surface area contributed by atoms with E-state index in [1.54, 1.807) is 11.1 Å². The molecule has 0 radical (unpaired) electrons. The number of likely N-dealkylation sites (tertiary alicyclic amines) is 1. The Kier molecular flexibility index (Phi) is 7.24. The van der Waals surface area contributed by atoms with Crippen molar-refractivity contribution in [3.8, 4) is 5.88 Å². The summed E-state index contributed by atoms with van der Waals surface area (Å²) in [5.74, 6) is -0.215. The van der Waals surface area contributed by atoms with Crippen molar-refractivity contribution in [3.05, 3.63) is 23.9 Å². The fourth-order valence-corrected chi connectivity index (χ4v) is 3.20. The van der Waals surface area contributed by atoms with E-state index in [1.807, 2.05) is 19.1 Å². The van der Waals surface area contributed by atoms with Crippen molar-refractivity contribution in [2.75, 3.05) is 13.1 Å². The molecule has 0 aromatic carbocycles. The highest BCUT2D eigenvalue weighted by molar-refractivity contribution is 5.76. The Bertz CT molecular complexity index is 621. The number of carboxylic acids is 1. The number of rotatable bonds is 7. The van der Waals surface area contributed by atoms with Gasteiger partial charge in [-0.2, -0.15) is 0 Å². The molecular weight excluding hydrogens is 334 g/mol. The fraction of sp³-hybridized carbons (Fsp3) is 0.632. The van der Waals surface area contributed by atoms with E-state index >= 15 is 0 Å². The average molecular weight is 363 g/mol. The number of carbonyl (C=O) groups excluding carboxylic acids is 1. The molecule has 0 saturated carbocycles. The zero-order valence-electron chi connectivity index (χ0n) is 15.8. The molecule has 1 aliphatic heterocycles. The minimum atomic E-state index is -0.839. The molecule has 1 fully saturated rings. The second-order valence-electron chi connectivity index (χ2n) is 7.34. The number of amides is 2. The molecule has 7 nitrogen and oxygen atoms in total. The lowest BCUT2D eigenvalue weighted by Gasteiger charge is -2.30. The van der Waals surface area contributed by atoms with Crippen LogP contribution in [0.25, 0.3) is 0 Å². The zero-order valence-corrected chi connectivity index (χ0v) is 15.8. The first kappa shape index (κ1) is 20.0. The summed E-state index contributed by atoms with van der Waals surface area (Å²) in [6, 6.07) is 3.42. The van der Waals surface area contributed by atoms with Crippen LogP contribution in [0.1, 0.15) is 45.6 Å². The van der Waals surface area contributed by atoms with E-state index in [2.05, 4.69) is 24.1 Å². The number of nitrogens with zero attached hydrogens (tertiary/aromatic N) is 2. The summed E-state index contributed by atoms with van der Waals surface area (Å²) in [5, 5.41) is 12.0. The molecule has 1 saturated heterocycles. The van der Waals surface area contributed by atoms with Gasteiger partial charge < -0.3 is 20.1 Å². The second-order valence-corrected chi connectivity index (χ2v) is 7.34. The molecule has 26 heavy (non-hydrogen) atoms. The van der Waals surface area contributed by atoms with Crippen molar-refractivity contribution < 1.29 is 19.4 Å². The largest absolute Gasteiger partial charge is 0.481 e. The lowest BCUT2D eigenvalue weighted by Crippen LogP contribution is -2.46. The Labute approximate surface area is 154 Å². The van der Waals surface area contributed by atoms with Gasteiger partial charge in [0.25, 0.3) is 0 Å². The molecule has 0 spiro atoms. The zero-order chi connectivity index (χ0) is 19.1. The van der Waals surface area contributed by atoms with Crippen LogP contribution in [0.3, 0.4) is 0 Å². The van der Waals surface area contributed by atoms with Crippen LogP contribution >= 0.6 is 0 Å². The summed E-state index contributed by atoms with van der Waals surface area (Å²) >= 11 is 0. The predicted molar refractivity (Wildman–Crippen MR) is 98.0 cm³/mol. The van der Waals surface area contributed by atoms with Crippen LogP contribution in [0.5, 0.6) is 5.88 Å². The molecule has 2 atom stereocenters. The van der Waals surface area contributed by atoms with Crippen LogP contribution in [0.15, 0.2) is 18.3 Å². The molecule has 7 heteroatoms. The van der Waals surface area contributed by atoms with Gasteiger partial charge >= 0.3 is 12.0 Å². The minimum absolute atomic E-state index is 0.0774. The van der Waals surface area contributed by atoms with Gasteiger partial charge in [-0.3, -0.25) is 4.79 Å². The Morgan fingerprint density at radius 3 is 2.88 bits per heavy atom. The first-order valence-corrected chi connectivity index (χ1v) is 9.22. The maximum atomic E-state index is 12.3. The third-order valence-electron chi connectivity index (χ3n) is 4.43. The summed E-state index contributed by atoms with van der Waals surface area (Å²) in [7, 11) is 0. The Hall–Kier alpha value is -2.31. The number of hydrogen-bond acceptors (Lipinski definition) is 4. The number of aliphatic carboxylic acids is 1. The van der Waals surface area contributed by atoms with Gasteiger partial charge in [-0.15, -0.1) is 0 Å². The van der Waals surface area contributed by atoms with Crippen LogP contribution in [0, 0.1) is 11.8 Å². The topological polar surface area (TPSA) is 91.8 Å². The highest BCUT2D eigenvalue weighted by Crippen LogP contribution is 2.17. The molecule has 2 amide bonds. The van der Waals surface area contributed by atoms with E-state index < -0.39 is 11.9 Å². The highest BCUT2D eigenvalue weighted by Gasteiger charge is 2.27. The molecule has 1 aromatic rings. The molecule has 144 valence electrons. The van der Waals surface area contributed by atoms with Gasteiger partial charge in [-0.05, 0) is 43.7 Å². The van der Waals surface area contributed by atoms with Crippen LogP contribution in [0.4, 0.5) is 4.79 Å². The summed E-state index contributed by atoms with van der Waals surface area (Å²) in [6.07, 6.45) is 4.03. The van der Waals surface area contributed by atoms with Crippen LogP contribution in [-0.4, -0.2) is 46.2 Å². The van der Waals surface area contributed by atoms with Crippen LogP contribution in [-0.2, 0) is 11.3 Å². The lowest BCUT2D eigenvalue weighted by atomic mass is 9.99. The van der Waals surface area contributed by atoms with Gasteiger partial charge in [0, 0.05) is 31.9 Å². The average Bonchev–Trinajstić information content (AvgIpc) is 2.59. The van der Waals surface area contributed by atoms with E-state index in [4.69, 9.17) is 9.84 Å². The summed E-state index contributed by atoms with van der Waals surface area (Å²) in [6.45, 7) is 7.52. The third-order valence-corrected chi connectivity index (χ3v) is 4.43. The van der Waals surface area contributed by atoms with Crippen molar-refractivity contribution >= 4 is 12.0 Å². The standard InChI is InChI=1S/C19H29N3O4/c1-13(2)9-14(3)26-17-10-15(6-7-20-17)11-21-19(25)22-8-4-5-16(12-22)18(23)24/h6-7,10,13-14,16H,4-5,8-9,11-12H2,1-3H3,(H,21,25)(H,23,24). The fourth-order valence-electron chi connectivity index (χ4n) is 3.20. The first-order valence-electron chi connectivity index (χ1n) is 9.22. The molecule has 2 heterocycles. The second kappa shape index (κ2) is 9.40. The van der Waals surface area contributed by atoms with Crippen molar-refractivity contribution in [1.29, 1.82) is 0 Å². The van der Waals surface area contributed by atoms with Gasteiger partial charge in [-0.25, -0.2) is 9.78 Å². The number of nitrogens with one attached hydrogen (secondary N) is 1. The maximum absolute atomic E-state index is 12.3. The summed E-state index contributed by atoms with van der Waals surface area (Å²) < 4.78 is 5.83. The van der Waals surface area contributed by atoms with Crippen molar-refractivity contribution in [2.24, 2.45) is 11.8 Å². The number of hydrogen-bond donors (Lipinski definition) is 2. The maximum Gasteiger partial charge on any atom is 0.317 e. The van der Waals surface area contributed by atoms with E-state index in [0.29, 0.717) is 37.7 Å². The SMILES string of the molecule is CC(C)CC(C)Oc1cc(CNC(=O)N2CCCC(C(=O)O)C2)ccn1. The van der Waals surface area contributed by atoms with Gasteiger partial charge in [0.2, 0.25) is 5.88 Å². The quantitative estimate of drug-likeness (QED) is 0.777. The van der Waals surface area contributed by atoms with Gasteiger partial charge in [0.15, 0.2) is 0 Å². The molecular formula is C19H29N3O4. The lowest BCUT2D eigenvalue weighted by molar-refractivity contribution is -0.143. The van der Waals surface area contributed by atoms with Crippen molar-refractivity contribution in [1.82, 2.24) is 15.2 Å². The Morgan fingerprint density at radius 2 is 2.19 bits per heavy atom. The molecule has 2 rings (SSSR count). The number of ether oxygens (including phenoxy) is 1. The van der Waals surface area contributed by atoms with Crippen LogP contribution in [0.2, 0.25) is 0 Å². The molecule has 1 aliphatic rings. The Morgan fingerprint density at radius 1 is 1.42 bits per heavy atom. The van der Waals surface area contributed by atoms with E-state index in [-0.39, 0.29) is 18.7 Å². The summed E-state index contributed by atoms with van der Waals surface area (Å²) in [5.41, 5.74) is 0.895. The number of pyridine rings is 1. The smallest absolute Gasteiger partial charge is 0.317 e. The van der Waals surface area contributed by atoms with Crippen LogP contribution < -0.4 is 10.1 Å². The Balaban J connectivity index is 1.86. The number of aromatic nitrogens is 1. The van der Waals surface area contributed by atoms with Crippen molar-refractivity contribution in [2.45, 2.75) is 52.7 Å². The summed E-state index contributed by atoms with van der Waals surface area (Å²) in [4.78, 5) is 29.2. The molecule has 2 N–H and O–H groups in total. The molecule has 1 aromatic heterocycles. The van der Waals surface area contributed by atoms with E-state index in [9.17, 15) is 9.59 Å². The first-order chi connectivity index (χ1) is 12.3. The minimum Gasteiger partial charge on any atom is -0.481 e. The molecule has 0 bridgehead atoms. The number of carboxylic acid groups (broad SMARTS) is 1. The van der Waals surface area contributed by atoms with Gasteiger partial charge in [0.05, 0.1) is 12.0 Å². The normalized spacial score (nSPS) is 18.5. The monoisotopic (exact) mass is 363 g/mol. The number of piperidine rings is 1. The number of urea groups is 1. The van der Waals surface area contributed by atoms with Crippen molar-refractivity contribution in [3.63, 3.8) is 0 Å². The molecule has 2 unspecified atom stereocenters. The molecule has 0 aliphatic carbocycles. The predicted octanol–water partition coefficient (Wildman–Crippen LogP) is 2.90.